The van der Waals surface area contributed by atoms with Crippen molar-refractivity contribution in [3.05, 3.63) is 76.1 Å². The summed E-state index contributed by atoms with van der Waals surface area (Å²) in [5.74, 6) is 0. The van der Waals surface area contributed by atoms with Gasteiger partial charge in [0.2, 0.25) is 5.13 Å². The number of allylic oxidation sites excluding steroid dienone is 1. The van der Waals surface area contributed by atoms with Crippen LogP contribution in [0.4, 0.5) is 5.13 Å². The number of hydrogen-bond acceptors (Lipinski definition) is 4. The zero-order valence-electron chi connectivity index (χ0n) is 13.1. The zero-order chi connectivity index (χ0) is 16.8. The number of thiazole rings is 1. The average molecular weight is 398 g/mol. The second kappa shape index (κ2) is 8.04. The number of hydrogen-bond donors (Lipinski definition) is 1. The Morgan fingerprint density at radius 1 is 1.12 bits per heavy atom. The normalized spacial score (nSPS) is 11.8. The Labute approximate surface area is 153 Å². The van der Waals surface area contributed by atoms with Crippen molar-refractivity contribution >= 4 is 44.2 Å². The number of halogens is 1. The summed E-state index contributed by atoms with van der Waals surface area (Å²) in [6.45, 7) is 1.95. The molecule has 0 fully saturated rings. The van der Waals surface area contributed by atoms with Gasteiger partial charge >= 0.3 is 0 Å². The van der Waals surface area contributed by atoms with Gasteiger partial charge in [-0.1, -0.05) is 64.5 Å². The molecule has 3 nitrogen and oxygen atoms in total. The lowest BCUT2D eigenvalue weighted by atomic mass is 10.2. The molecule has 2 aromatic carbocycles. The van der Waals surface area contributed by atoms with Crippen molar-refractivity contribution in [2.75, 3.05) is 5.43 Å². The van der Waals surface area contributed by atoms with Crippen molar-refractivity contribution in [2.45, 2.75) is 6.92 Å². The van der Waals surface area contributed by atoms with Gasteiger partial charge in [-0.05, 0) is 30.7 Å². The van der Waals surface area contributed by atoms with Crippen LogP contribution in [0.1, 0.15) is 12.5 Å². The smallest absolute Gasteiger partial charge is 0.203 e. The van der Waals surface area contributed by atoms with Gasteiger partial charge < -0.3 is 0 Å². The summed E-state index contributed by atoms with van der Waals surface area (Å²) < 4.78 is 1.06. The van der Waals surface area contributed by atoms with E-state index in [1.165, 1.54) is 11.3 Å². The summed E-state index contributed by atoms with van der Waals surface area (Å²) in [6, 6.07) is 18.3. The summed E-state index contributed by atoms with van der Waals surface area (Å²) in [6.07, 6.45) is 4.02. The van der Waals surface area contributed by atoms with Crippen molar-refractivity contribution < 1.29 is 0 Å². The van der Waals surface area contributed by atoms with Gasteiger partial charge in [-0.3, -0.25) is 5.43 Å². The molecule has 0 aliphatic carbocycles. The van der Waals surface area contributed by atoms with Gasteiger partial charge in [-0.2, -0.15) is 5.10 Å². The highest BCUT2D eigenvalue weighted by Gasteiger charge is 2.03. The van der Waals surface area contributed by atoms with E-state index >= 15 is 0 Å². The van der Waals surface area contributed by atoms with E-state index in [1.54, 1.807) is 0 Å². The number of hydrazone groups is 1. The standard InChI is InChI=1S/C19H16BrN3S/c1-14(7-8-15-5-3-2-4-6-15)22-23-19-21-18(13-24-19)16-9-11-17(20)12-10-16/h2-13H,1H3,(H,21,23)/b8-7+,22-14-. The second-order valence-corrected chi connectivity index (χ2v) is 6.93. The number of nitrogens with one attached hydrogen (secondary N) is 1. The van der Waals surface area contributed by atoms with Crippen LogP contribution in [-0.4, -0.2) is 10.7 Å². The second-order valence-electron chi connectivity index (χ2n) is 5.15. The van der Waals surface area contributed by atoms with Crippen molar-refractivity contribution in [2.24, 2.45) is 5.10 Å². The van der Waals surface area contributed by atoms with Gasteiger partial charge in [-0.25, -0.2) is 4.98 Å². The maximum atomic E-state index is 4.56. The molecule has 1 aromatic heterocycles. The highest BCUT2D eigenvalue weighted by Crippen LogP contribution is 2.26. The van der Waals surface area contributed by atoms with E-state index in [9.17, 15) is 0 Å². The molecule has 120 valence electrons. The van der Waals surface area contributed by atoms with Gasteiger partial charge in [0.1, 0.15) is 0 Å². The molecule has 24 heavy (non-hydrogen) atoms. The maximum absolute atomic E-state index is 4.56. The van der Waals surface area contributed by atoms with E-state index in [2.05, 4.69) is 43.6 Å². The molecule has 0 aliphatic rings. The van der Waals surface area contributed by atoms with Crippen LogP contribution >= 0.6 is 27.3 Å². The number of aromatic nitrogens is 1. The first-order valence-corrected chi connectivity index (χ1v) is 9.13. The molecular weight excluding hydrogens is 382 g/mol. The van der Waals surface area contributed by atoms with Crippen LogP contribution in [0.5, 0.6) is 0 Å². The molecule has 1 N–H and O–H groups in total. The van der Waals surface area contributed by atoms with Crippen LogP contribution in [0.25, 0.3) is 17.3 Å². The Hall–Kier alpha value is -2.24. The quantitative estimate of drug-likeness (QED) is 0.418. The van der Waals surface area contributed by atoms with Crippen LogP contribution in [0.15, 0.2) is 75.6 Å². The lowest BCUT2D eigenvalue weighted by molar-refractivity contribution is 1.28. The summed E-state index contributed by atoms with van der Waals surface area (Å²) in [5.41, 5.74) is 7.09. The van der Waals surface area contributed by atoms with Gasteiger partial charge in [0.15, 0.2) is 0 Å². The van der Waals surface area contributed by atoms with E-state index in [-0.39, 0.29) is 0 Å². The molecule has 0 saturated heterocycles. The topological polar surface area (TPSA) is 37.3 Å². The van der Waals surface area contributed by atoms with Crippen molar-refractivity contribution in [3.8, 4) is 11.3 Å². The molecular formula is C19H16BrN3S. The molecule has 0 saturated carbocycles. The lowest BCUT2D eigenvalue weighted by Crippen LogP contribution is -1.94. The highest BCUT2D eigenvalue weighted by molar-refractivity contribution is 9.10. The Morgan fingerprint density at radius 2 is 1.88 bits per heavy atom. The molecule has 0 bridgehead atoms. The first-order chi connectivity index (χ1) is 11.7. The first kappa shape index (κ1) is 16.6. The van der Waals surface area contributed by atoms with Crippen LogP contribution < -0.4 is 5.43 Å². The summed E-state index contributed by atoms with van der Waals surface area (Å²) in [4.78, 5) is 4.56. The minimum atomic E-state index is 0.778. The third kappa shape index (κ3) is 4.63. The monoisotopic (exact) mass is 397 g/mol. The van der Waals surface area contributed by atoms with Crippen LogP contribution in [-0.2, 0) is 0 Å². The first-order valence-electron chi connectivity index (χ1n) is 7.45. The SMILES string of the molecule is CC(/C=C/c1ccccc1)=N/Nc1nc(-c2ccc(Br)cc2)cs1. The summed E-state index contributed by atoms with van der Waals surface area (Å²) in [5, 5.41) is 7.15. The molecule has 3 rings (SSSR count). The predicted molar refractivity (Wildman–Crippen MR) is 107 cm³/mol. The molecule has 1 heterocycles. The molecule has 3 aromatic rings. The number of nitrogens with zero attached hydrogens (tertiary/aromatic N) is 2. The van der Waals surface area contributed by atoms with Crippen molar-refractivity contribution in [1.29, 1.82) is 0 Å². The Morgan fingerprint density at radius 3 is 2.62 bits per heavy atom. The Bertz CT molecular complexity index is 852. The Balaban J connectivity index is 1.64. The largest absolute Gasteiger partial charge is 0.252 e. The zero-order valence-corrected chi connectivity index (χ0v) is 15.5. The molecule has 5 heteroatoms. The van der Waals surface area contributed by atoms with E-state index in [1.807, 2.05) is 66.9 Å². The third-order valence-corrected chi connectivity index (χ3v) is 4.56. The molecule has 0 radical (unpaired) electrons. The van der Waals surface area contributed by atoms with Gasteiger partial charge in [0.05, 0.1) is 11.4 Å². The maximum Gasteiger partial charge on any atom is 0.203 e. The molecule has 0 spiro atoms. The van der Waals surface area contributed by atoms with E-state index < -0.39 is 0 Å². The van der Waals surface area contributed by atoms with Crippen LogP contribution in [0.3, 0.4) is 0 Å². The Kier molecular flexibility index (Phi) is 5.56. The highest BCUT2D eigenvalue weighted by atomic mass is 79.9. The van der Waals surface area contributed by atoms with E-state index in [4.69, 9.17) is 0 Å². The number of anilines is 1. The number of benzene rings is 2. The van der Waals surface area contributed by atoms with E-state index in [0.717, 1.165) is 32.1 Å². The third-order valence-electron chi connectivity index (χ3n) is 3.29. The summed E-state index contributed by atoms with van der Waals surface area (Å²) >= 11 is 4.98. The summed E-state index contributed by atoms with van der Waals surface area (Å²) in [7, 11) is 0. The van der Waals surface area contributed by atoms with Crippen molar-refractivity contribution in [1.82, 2.24) is 4.98 Å². The minimum Gasteiger partial charge on any atom is -0.252 e. The molecule has 0 aliphatic heterocycles. The molecule has 0 atom stereocenters. The average Bonchev–Trinajstić information content (AvgIpc) is 3.09. The molecule has 0 unspecified atom stereocenters. The fraction of sp³-hybridized carbons (Fsp3) is 0.0526. The van der Waals surface area contributed by atoms with E-state index in [0.29, 0.717) is 0 Å². The van der Waals surface area contributed by atoms with Gasteiger partial charge in [0, 0.05) is 15.4 Å². The minimum absolute atomic E-state index is 0.778. The van der Waals surface area contributed by atoms with Gasteiger partial charge in [0.25, 0.3) is 0 Å². The van der Waals surface area contributed by atoms with Crippen LogP contribution in [0.2, 0.25) is 0 Å². The van der Waals surface area contributed by atoms with Crippen LogP contribution in [0, 0.1) is 0 Å². The predicted octanol–water partition coefficient (Wildman–Crippen LogP) is 6.07. The van der Waals surface area contributed by atoms with Gasteiger partial charge in [-0.15, -0.1) is 11.3 Å². The number of rotatable bonds is 5. The fourth-order valence-corrected chi connectivity index (χ4v) is 2.96. The fourth-order valence-electron chi connectivity index (χ4n) is 2.03. The molecule has 0 amide bonds. The lowest BCUT2D eigenvalue weighted by Gasteiger charge is -1.97. The van der Waals surface area contributed by atoms with Crippen molar-refractivity contribution in [3.63, 3.8) is 0 Å².